The van der Waals surface area contributed by atoms with Crippen molar-refractivity contribution in [3.63, 3.8) is 0 Å². The van der Waals surface area contributed by atoms with Crippen molar-refractivity contribution in [3.8, 4) is 6.07 Å². The maximum absolute atomic E-state index is 12.8. The molecule has 1 aromatic carbocycles. The Balaban J connectivity index is 1.97. The molecule has 1 aliphatic heterocycles. The number of hydrogen-bond acceptors (Lipinski definition) is 4. The van der Waals surface area contributed by atoms with E-state index < -0.39 is 10.0 Å². The van der Waals surface area contributed by atoms with Gasteiger partial charge < -0.3 is 4.90 Å². The SMILES string of the molecule is CC(C)NS(=O)(=O)c1cc(C#N)ccc1N1C[C@@H]2CCCC[C@H]2C1. The van der Waals surface area contributed by atoms with Gasteiger partial charge in [0.15, 0.2) is 0 Å². The zero-order valence-electron chi connectivity index (χ0n) is 14.3. The fourth-order valence-corrected chi connectivity index (χ4v) is 5.54. The maximum atomic E-state index is 12.8. The Kier molecular flexibility index (Phi) is 4.84. The fourth-order valence-electron chi connectivity index (χ4n) is 4.04. The van der Waals surface area contributed by atoms with Crippen LogP contribution in [0.2, 0.25) is 0 Å². The third-order valence-electron chi connectivity index (χ3n) is 5.09. The van der Waals surface area contributed by atoms with Gasteiger partial charge in [0, 0.05) is 19.1 Å². The van der Waals surface area contributed by atoms with Crippen LogP contribution < -0.4 is 9.62 Å². The van der Waals surface area contributed by atoms with Gasteiger partial charge in [0.05, 0.1) is 17.3 Å². The molecule has 2 atom stereocenters. The molecule has 0 amide bonds. The summed E-state index contributed by atoms with van der Waals surface area (Å²) >= 11 is 0. The third-order valence-corrected chi connectivity index (χ3v) is 6.77. The predicted octanol–water partition coefficient (Wildman–Crippen LogP) is 2.87. The second-order valence-corrected chi connectivity index (χ2v) is 8.96. The van der Waals surface area contributed by atoms with E-state index in [0.717, 1.165) is 18.8 Å². The van der Waals surface area contributed by atoms with Crippen molar-refractivity contribution in [1.82, 2.24) is 4.72 Å². The van der Waals surface area contributed by atoms with E-state index in [1.54, 1.807) is 26.0 Å². The van der Waals surface area contributed by atoms with Gasteiger partial charge >= 0.3 is 0 Å². The van der Waals surface area contributed by atoms with Crippen molar-refractivity contribution < 1.29 is 8.42 Å². The van der Waals surface area contributed by atoms with Gasteiger partial charge in [-0.2, -0.15) is 5.26 Å². The Bertz CT molecular complexity index is 738. The molecule has 0 unspecified atom stereocenters. The number of fused-ring (bicyclic) bond motifs is 1. The molecule has 0 bridgehead atoms. The van der Waals surface area contributed by atoms with E-state index in [-0.39, 0.29) is 10.9 Å². The number of anilines is 1. The summed E-state index contributed by atoms with van der Waals surface area (Å²) in [6, 6.07) is 6.88. The van der Waals surface area contributed by atoms with Gasteiger partial charge in [-0.05, 0) is 56.7 Å². The van der Waals surface area contributed by atoms with Crippen LogP contribution in [0.5, 0.6) is 0 Å². The number of nitrogens with zero attached hydrogens (tertiary/aromatic N) is 2. The van der Waals surface area contributed by atoms with Crippen molar-refractivity contribution >= 4 is 15.7 Å². The highest BCUT2D eigenvalue weighted by molar-refractivity contribution is 7.89. The average molecular weight is 347 g/mol. The summed E-state index contributed by atoms with van der Waals surface area (Å²) in [4.78, 5) is 2.44. The second-order valence-electron chi connectivity index (χ2n) is 7.28. The first-order valence-corrected chi connectivity index (χ1v) is 10.2. The lowest BCUT2D eigenvalue weighted by Gasteiger charge is -2.23. The quantitative estimate of drug-likeness (QED) is 0.909. The molecule has 6 heteroatoms. The van der Waals surface area contributed by atoms with E-state index in [9.17, 15) is 8.42 Å². The van der Waals surface area contributed by atoms with Gasteiger partial charge in [-0.1, -0.05) is 12.8 Å². The van der Waals surface area contributed by atoms with E-state index in [4.69, 9.17) is 5.26 Å². The van der Waals surface area contributed by atoms with Gasteiger partial charge in [-0.15, -0.1) is 0 Å². The lowest BCUT2D eigenvalue weighted by Crippen LogP contribution is -2.32. The molecule has 2 fully saturated rings. The summed E-state index contributed by atoms with van der Waals surface area (Å²) in [6.45, 7) is 5.44. The van der Waals surface area contributed by atoms with E-state index in [1.165, 1.54) is 31.7 Å². The van der Waals surface area contributed by atoms with E-state index in [0.29, 0.717) is 17.4 Å². The first-order chi connectivity index (χ1) is 11.4. The molecular formula is C18H25N3O2S. The monoisotopic (exact) mass is 347 g/mol. The number of benzene rings is 1. The first kappa shape index (κ1) is 17.2. The number of nitriles is 1. The molecule has 0 spiro atoms. The van der Waals surface area contributed by atoms with E-state index in [2.05, 4.69) is 9.62 Å². The van der Waals surface area contributed by atoms with Crippen molar-refractivity contribution in [1.29, 1.82) is 5.26 Å². The molecule has 3 rings (SSSR count). The standard InChI is InChI=1S/C18H25N3O2S/c1-13(2)20-24(22,23)18-9-14(10-19)7-8-17(18)21-11-15-5-3-4-6-16(15)12-21/h7-9,13,15-16,20H,3-6,11-12H2,1-2H3/t15-,16-/m0/s1. The molecule has 2 aliphatic rings. The van der Waals surface area contributed by atoms with Gasteiger partial charge in [-0.3, -0.25) is 0 Å². The van der Waals surface area contributed by atoms with E-state index >= 15 is 0 Å². The van der Waals surface area contributed by atoms with Crippen LogP contribution in [-0.2, 0) is 10.0 Å². The van der Waals surface area contributed by atoms with Crippen LogP contribution in [0.1, 0.15) is 45.1 Å². The molecule has 5 nitrogen and oxygen atoms in total. The Morgan fingerprint density at radius 3 is 2.38 bits per heavy atom. The number of nitrogens with one attached hydrogen (secondary N) is 1. The van der Waals surface area contributed by atoms with E-state index in [1.807, 2.05) is 6.07 Å². The second kappa shape index (κ2) is 6.73. The summed E-state index contributed by atoms with van der Waals surface area (Å²) < 4.78 is 28.2. The molecule has 1 saturated carbocycles. The summed E-state index contributed by atoms with van der Waals surface area (Å²) in [6.07, 6.45) is 5.04. The van der Waals surface area contributed by atoms with Crippen molar-refractivity contribution in [2.75, 3.05) is 18.0 Å². The Morgan fingerprint density at radius 1 is 1.21 bits per heavy atom. The molecule has 130 valence electrons. The highest BCUT2D eigenvalue weighted by atomic mass is 32.2. The summed E-state index contributed by atoms with van der Waals surface area (Å²) in [5.41, 5.74) is 1.11. The fraction of sp³-hybridized carbons (Fsp3) is 0.611. The molecule has 1 N–H and O–H groups in total. The normalized spacial score (nSPS) is 24.0. The van der Waals surface area contributed by atoms with Gasteiger partial charge in [0.25, 0.3) is 0 Å². The third kappa shape index (κ3) is 3.42. The molecular weight excluding hydrogens is 322 g/mol. The molecule has 24 heavy (non-hydrogen) atoms. The zero-order chi connectivity index (χ0) is 17.3. The Labute approximate surface area is 144 Å². The van der Waals surface area contributed by atoms with Crippen molar-refractivity contribution in [3.05, 3.63) is 23.8 Å². The molecule has 1 saturated heterocycles. The van der Waals surface area contributed by atoms with Crippen LogP contribution in [0.4, 0.5) is 5.69 Å². The minimum Gasteiger partial charge on any atom is -0.370 e. The number of hydrogen-bond donors (Lipinski definition) is 1. The summed E-state index contributed by atoms with van der Waals surface area (Å²) in [5.74, 6) is 1.34. The molecule has 1 aromatic rings. The van der Waals surface area contributed by atoms with Gasteiger partial charge in [0.1, 0.15) is 4.90 Å². The van der Waals surface area contributed by atoms with Crippen molar-refractivity contribution in [2.45, 2.75) is 50.5 Å². The molecule has 0 aromatic heterocycles. The van der Waals surface area contributed by atoms with Crippen LogP contribution in [0.15, 0.2) is 23.1 Å². The largest absolute Gasteiger partial charge is 0.370 e. The minimum atomic E-state index is -3.64. The highest BCUT2D eigenvalue weighted by Gasteiger charge is 2.36. The minimum absolute atomic E-state index is 0.185. The zero-order valence-corrected chi connectivity index (χ0v) is 15.1. The smallest absolute Gasteiger partial charge is 0.242 e. The van der Waals surface area contributed by atoms with Crippen LogP contribution in [0.3, 0.4) is 0 Å². The Morgan fingerprint density at radius 2 is 1.83 bits per heavy atom. The lowest BCUT2D eigenvalue weighted by atomic mass is 9.82. The van der Waals surface area contributed by atoms with Crippen LogP contribution in [0, 0.1) is 23.2 Å². The molecule has 0 radical (unpaired) electrons. The van der Waals surface area contributed by atoms with Crippen LogP contribution in [-0.4, -0.2) is 27.5 Å². The maximum Gasteiger partial charge on any atom is 0.242 e. The van der Waals surface area contributed by atoms with Crippen LogP contribution in [0.25, 0.3) is 0 Å². The molecule has 1 heterocycles. The average Bonchev–Trinajstić information content (AvgIpc) is 2.97. The lowest BCUT2D eigenvalue weighted by molar-refractivity contribution is 0.299. The predicted molar refractivity (Wildman–Crippen MR) is 94.3 cm³/mol. The number of sulfonamides is 1. The molecule has 1 aliphatic carbocycles. The van der Waals surface area contributed by atoms with Crippen LogP contribution >= 0.6 is 0 Å². The summed E-state index contributed by atoms with van der Waals surface area (Å²) in [5, 5.41) is 9.16. The Hall–Kier alpha value is -1.58. The van der Waals surface area contributed by atoms with Gasteiger partial charge in [0.2, 0.25) is 10.0 Å². The first-order valence-electron chi connectivity index (χ1n) is 8.72. The topological polar surface area (TPSA) is 73.2 Å². The van der Waals surface area contributed by atoms with Gasteiger partial charge in [-0.25, -0.2) is 13.1 Å². The summed E-state index contributed by atoms with van der Waals surface area (Å²) in [7, 11) is -3.64. The van der Waals surface area contributed by atoms with Crippen molar-refractivity contribution in [2.24, 2.45) is 11.8 Å². The number of rotatable bonds is 4. The highest BCUT2D eigenvalue weighted by Crippen LogP contribution is 2.39.